The van der Waals surface area contributed by atoms with Gasteiger partial charge in [0.2, 0.25) is 5.72 Å². The van der Waals surface area contributed by atoms with Gasteiger partial charge in [0.05, 0.1) is 13.2 Å². The van der Waals surface area contributed by atoms with Crippen molar-refractivity contribution in [1.82, 2.24) is 10.6 Å². The lowest BCUT2D eigenvalue weighted by Crippen LogP contribution is -2.72. The standard InChI is InChI=1S/C19H16BrF3N2O4/c1-29-13-8-4-10(5-9-13)15-14(16(26)11-2-6-12(20)7-3-11)18(28,19(21,22)23)25-17(27)24-15/h2-9,14-15,28H,1H3,(H2,24,25,27)/t14-,15+,18+/m0/s1. The van der Waals surface area contributed by atoms with Crippen molar-refractivity contribution in [1.29, 1.82) is 0 Å². The van der Waals surface area contributed by atoms with E-state index in [1.807, 2.05) is 0 Å². The number of urea groups is 1. The molecule has 3 N–H and O–H groups in total. The fourth-order valence-electron chi connectivity index (χ4n) is 3.22. The molecular weight excluding hydrogens is 457 g/mol. The fourth-order valence-corrected chi connectivity index (χ4v) is 3.49. The van der Waals surface area contributed by atoms with Gasteiger partial charge < -0.3 is 20.5 Å². The van der Waals surface area contributed by atoms with Crippen LogP contribution < -0.4 is 15.4 Å². The van der Waals surface area contributed by atoms with Crippen molar-refractivity contribution in [2.75, 3.05) is 7.11 Å². The number of carbonyl (C=O) groups is 2. The molecular formula is C19H16BrF3N2O4. The number of rotatable bonds is 4. The molecule has 0 aliphatic carbocycles. The fraction of sp³-hybridized carbons (Fsp3) is 0.263. The number of aliphatic hydroxyl groups is 1. The van der Waals surface area contributed by atoms with Gasteiger partial charge in [0.15, 0.2) is 5.78 Å². The second-order valence-electron chi connectivity index (χ2n) is 6.46. The van der Waals surface area contributed by atoms with Crippen molar-refractivity contribution < 1.29 is 32.6 Å². The van der Waals surface area contributed by atoms with Crippen LogP contribution in [-0.4, -0.2) is 35.9 Å². The van der Waals surface area contributed by atoms with E-state index in [0.717, 1.165) is 0 Å². The van der Waals surface area contributed by atoms with E-state index in [9.17, 15) is 27.9 Å². The summed E-state index contributed by atoms with van der Waals surface area (Å²) in [5.74, 6) is -2.61. The molecule has 1 fully saturated rings. The van der Waals surface area contributed by atoms with E-state index < -0.39 is 35.7 Å². The summed E-state index contributed by atoms with van der Waals surface area (Å²) in [6, 6.07) is 8.81. The topological polar surface area (TPSA) is 87.7 Å². The molecule has 2 aromatic rings. The Morgan fingerprint density at radius 3 is 2.24 bits per heavy atom. The molecule has 1 heterocycles. The molecule has 0 bridgehead atoms. The van der Waals surface area contributed by atoms with Gasteiger partial charge in [-0.3, -0.25) is 4.79 Å². The maximum atomic E-state index is 13.8. The van der Waals surface area contributed by atoms with E-state index in [1.54, 1.807) is 0 Å². The summed E-state index contributed by atoms with van der Waals surface area (Å²) in [4.78, 5) is 25.1. The number of ether oxygens (including phenoxy) is 1. The molecule has 0 spiro atoms. The molecule has 2 aromatic carbocycles. The number of Topliss-reactive ketones (excluding diaryl/α,β-unsaturated/α-hetero) is 1. The van der Waals surface area contributed by atoms with Gasteiger partial charge in [-0.2, -0.15) is 13.2 Å². The maximum Gasteiger partial charge on any atom is 0.437 e. The van der Waals surface area contributed by atoms with Crippen LogP contribution in [0.25, 0.3) is 0 Å². The summed E-state index contributed by atoms with van der Waals surface area (Å²) < 4.78 is 47.1. The second-order valence-corrected chi connectivity index (χ2v) is 7.38. The van der Waals surface area contributed by atoms with Gasteiger partial charge in [-0.05, 0) is 29.8 Å². The molecule has 0 radical (unpaired) electrons. The molecule has 1 saturated heterocycles. The first-order chi connectivity index (χ1) is 13.6. The van der Waals surface area contributed by atoms with Gasteiger partial charge in [-0.15, -0.1) is 0 Å². The highest BCUT2D eigenvalue weighted by Crippen LogP contribution is 2.44. The third-order valence-electron chi connectivity index (χ3n) is 4.69. The molecule has 1 aliphatic heterocycles. The molecule has 29 heavy (non-hydrogen) atoms. The SMILES string of the molecule is COc1ccc([C@H]2NC(=O)N[C@](O)(C(F)(F)F)[C@@H]2C(=O)c2ccc(Br)cc2)cc1. The lowest BCUT2D eigenvalue weighted by molar-refractivity contribution is -0.287. The van der Waals surface area contributed by atoms with E-state index in [-0.39, 0.29) is 11.1 Å². The summed E-state index contributed by atoms with van der Waals surface area (Å²) in [6.07, 6.45) is -5.30. The first-order valence-electron chi connectivity index (χ1n) is 8.38. The van der Waals surface area contributed by atoms with Crippen LogP contribution >= 0.6 is 15.9 Å². The first kappa shape index (κ1) is 21.1. The number of amides is 2. The first-order valence-corrected chi connectivity index (χ1v) is 9.17. The van der Waals surface area contributed by atoms with Crippen LogP contribution in [0, 0.1) is 5.92 Å². The van der Waals surface area contributed by atoms with Crippen LogP contribution in [-0.2, 0) is 0 Å². The quantitative estimate of drug-likeness (QED) is 0.593. The smallest absolute Gasteiger partial charge is 0.437 e. The molecule has 0 aromatic heterocycles. The Morgan fingerprint density at radius 1 is 1.14 bits per heavy atom. The predicted molar refractivity (Wildman–Crippen MR) is 100 cm³/mol. The monoisotopic (exact) mass is 472 g/mol. The van der Waals surface area contributed by atoms with Gasteiger partial charge >= 0.3 is 12.2 Å². The number of benzene rings is 2. The molecule has 154 valence electrons. The Hall–Kier alpha value is -2.59. The Balaban J connectivity index is 2.13. The summed E-state index contributed by atoms with van der Waals surface area (Å²) in [5, 5.41) is 14.3. The van der Waals surface area contributed by atoms with Crippen molar-refractivity contribution in [2.24, 2.45) is 5.92 Å². The number of nitrogens with one attached hydrogen (secondary N) is 2. The number of hydrogen-bond acceptors (Lipinski definition) is 4. The number of halogens is 4. The van der Waals surface area contributed by atoms with Crippen molar-refractivity contribution in [3.8, 4) is 5.75 Å². The van der Waals surface area contributed by atoms with Crippen molar-refractivity contribution in [3.63, 3.8) is 0 Å². The van der Waals surface area contributed by atoms with E-state index in [4.69, 9.17) is 4.74 Å². The highest BCUT2D eigenvalue weighted by molar-refractivity contribution is 9.10. The second kappa shape index (κ2) is 7.68. The minimum atomic E-state index is -5.30. The molecule has 3 atom stereocenters. The lowest BCUT2D eigenvalue weighted by atomic mass is 9.77. The third kappa shape index (κ3) is 3.95. The van der Waals surface area contributed by atoms with Crippen LogP contribution in [0.15, 0.2) is 53.0 Å². The number of methoxy groups -OCH3 is 1. The summed E-state index contributed by atoms with van der Waals surface area (Å²) in [7, 11) is 1.42. The third-order valence-corrected chi connectivity index (χ3v) is 5.22. The van der Waals surface area contributed by atoms with Gasteiger partial charge in [0.25, 0.3) is 0 Å². The number of ketones is 1. The average Bonchev–Trinajstić information content (AvgIpc) is 2.67. The van der Waals surface area contributed by atoms with Crippen LogP contribution in [0.1, 0.15) is 22.0 Å². The number of hydrogen-bond donors (Lipinski definition) is 3. The van der Waals surface area contributed by atoms with Crippen LogP contribution in [0.3, 0.4) is 0 Å². The van der Waals surface area contributed by atoms with Crippen LogP contribution in [0.2, 0.25) is 0 Å². The molecule has 0 unspecified atom stereocenters. The lowest BCUT2D eigenvalue weighted by Gasteiger charge is -2.45. The van der Waals surface area contributed by atoms with E-state index in [0.29, 0.717) is 10.2 Å². The molecule has 0 saturated carbocycles. The largest absolute Gasteiger partial charge is 0.497 e. The van der Waals surface area contributed by atoms with Gasteiger partial charge in [-0.1, -0.05) is 40.2 Å². The zero-order valence-corrected chi connectivity index (χ0v) is 16.5. The molecule has 3 rings (SSSR count). The van der Waals surface area contributed by atoms with Crippen molar-refractivity contribution in [2.45, 2.75) is 17.9 Å². The van der Waals surface area contributed by atoms with Crippen molar-refractivity contribution >= 4 is 27.7 Å². The zero-order chi connectivity index (χ0) is 21.4. The average molecular weight is 473 g/mol. The number of carbonyl (C=O) groups excluding carboxylic acids is 2. The Bertz CT molecular complexity index is 919. The molecule has 10 heteroatoms. The predicted octanol–water partition coefficient (Wildman–Crippen LogP) is 3.56. The van der Waals surface area contributed by atoms with Crippen molar-refractivity contribution in [3.05, 3.63) is 64.1 Å². The van der Waals surface area contributed by atoms with E-state index in [2.05, 4.69) is 21.2 Å². The summed E-state index contributed by atoms with van der Waals surface area (Å²) in [5.41, 5.74) is -3.60. The van der Waals surface area contributed by atoms with Crippen LogP contribution in [0.5, 0.6) is 5.75 Å². The van der Waals surface area contributed by atoms with E-state index in [1.165, 1.54) is 61.0 Å². The maximum absolute atomic E-state index is 13.8. The normalized spacial score (nSPS) is 24.4. The highest BCUT2D eigenvalue weighted by atomic mass is 79.9. The van der Waals surface area contributed by atoms with E-state index >= 15 is 0 Å². The zero-order valence-electron chi connectivity index (χ0n) is 15.0. The molecule has 6 nitrogen and oxygen atoms in total. The van der Waals surface area contributed by atoms with Gasteiger partial charge in [-0.25, -0.2) is 4.79 Å². The van der Waals surface area contributed by atoms with Gasteiger partial charge in [0.1, 0.15) is 11.7 Å². The molecule has 2 amide bonds. The summed E-state index contributed by atoms with van der Waals surface area (Å²) in [6.45, 7) is 0. The Kier molecular flexibility index (Phi) is 5.59. The van der Waals surface area contributed by atoms with Gasteiger partial charge in [0, 0.05) is 10.0 Å². The van der Waals surface area contributed by atoms with Crippen LogP contribution in [0.4, 0.5) is 18.0 Å². The Morgan fingerprint density at radius 2 is 1.72 bits per heavy atom. The summed E-state index contributed by atoms with van der Waals surface area (Å²) >= 11 is 3.19. The molecule has 1 aliphatic rings. The minimum absolute atomic E-state index is 0.0441. The minimum Gasteiger partial charge on any atom is -0.497 e. The highest BCUT2D eigenvalue weighted by Gasteiger charge is 2.66. The Labute approximate surface area is 172 Å². The number of alkyl halides is 3.